The topological polar surface area (TPSA) is 44.4 Å². The fraction of sp³-hybridized carbons (Fsp3) is 0.688. The van der Waals surface area contributed by atoms with Gasteiger partial charge in [-0.2, -0.15) is 0 Å². The number of likely N-dealkylation sites (tertiary alicyclic amines) is 1. The molecule has 4 heteroatoms. The van der Waals surface area contributed by atoms with Crippen molar-refractivity contribution in [1.29, 1.82) is 0 Å². The third-order valence-corrected chi connectivity index (χ3v) is 3.64. The summed E-state index contributed by atoms with van der Waals surface area (Å²) in [4.78, 5) is 13.4. The number of nitrogens with one attached hydrogen (secondary N) is 2. The Morgan fingerprint density at radius 3 is 2.60 bits per heavy atom. The Morgan fingerprint density at radius 2 is 2.10 bits per heavy atom. The molecule has 1 fully saturated rings. The van der Waals surface area contributed by atoms with Gasteiger partial charge in [-0.1, -0.05) is 19.1 Å². The van der Waals surface area contributed by atoms with Crippen LogP contribution in [0, 0.1) is 0 Å². The van der Waals surface area contributed by atoms with Gasteiger partial charge < -0.3 is 15.5 Å². The zero-order chi connectivity index (χ0) is 14.6. The van der Waals surface area contributed by atoms with Crippen molar-refractivity contribution >= 4 is 5.91 Å². The third-order valence-electron chi connectivity index (χ3n) is 3.64. The van der Waals surface area contributed by atoms with Gasteiger partial charge in [-0.15, -0.1) is 0 Å². The maximum Gasteiger partial charge on any atom is 0.221 e. The quantitative estimate of drug-likeness (QED) is 0.809. The second kappa shape index (κ2) is 10.5. The number of rotatable bonds is 5. The predicted molar refractivity (Wildman–Crippen MR) is 84.5 cm³/mol. The lowest BCUT2D eigenvalue weighted by atomic mass is 10.1. The van der Waals surface area contributed by atoms with E-state index in [0.717, 1.165) is 19.4 Å². The molecule has 2 rings (SSSR count). The molecule has 0 bridgehead atoms. The van der Waals surface area contributed by atoms with Gasteiger partial charge in [-0.3, -0.25) is 4.79 Å². The summed E-state index contributed by atoms with van der Waals surface area (Å²) in [6, 6.07) is 0. The number of amides is 1. The van der Waals surface area contributed by atoms with E-state index < -0.39 is 0 Å². The normalized spacial score (nSPS) is 18.0. The number of carbonyl (C=O) groups excluding carboxylic acids is 1. The standard InChI is InChI=1S/C10H16N2O.C6H13N/c1-11-10(13)7-8-12-9-5-3-2-4-6-9;1-2-7-5-3-4-6-7/h2-3,5,12H,4,6-8H2,1H3,(H,11,13);2-6H2,1H3. The van der Waals surface area contributed by atoms with Crippen LogP contribution in [0.25, 0.3) is 0 Å². The fourth-order valence-electron chi connectivity index (χ4n) is 2.31. The van der Waals surface area contributed by atoms with Crippen LogP contribution in [0.2, 0.25) is 0 Å². The lowest BCUT2D eigenvalue weighted by Gasteiger charge is -2.11. The predicted octanol–water partition coefficient (Wildman–Crippen LogP) is 2.05. The van der Waals surface area contributed by atoms with E-state index >= 15 is 0 Å². The smallest absolute Gasteiger partial charge is 0.221 e. The number of allylic oxidation sites excluding steroid dienone is 4. The lowest BCUT2D eigenvalue weighted by Crippen LogP contribution is -2.24. The second-order valence-corrected chi connectivity index (χ2v) is 5.15. The van der Waals surface area contributed by atoms with Crippen LogP contribution in [-0.2, 0) is 4.79 Å². The Kier molecular flexibility index (Phi) is 8.79. The van der Waals surface area contributed by atoms with Crippen LogP contribution >= 0.6 is 0 Å². The molecule has 1 amide bonds. The molecule has 1 heterocycles. The van der Waals surface area contributed by atoms with Crippen LogP contribution in [0.5, 0.6) is 0 Å². The zero-order valence-corrected chi connectivity index (χ0v) is 13.0. The highest BCUT2D eigenvalue weighted by Gasteiger charge is 2.06. The molecule has 20 heavy (non-hydrogen) atoms. The lowest BCUT2D eigenvalue weighted by molar-refractivity contribution is -0.120. The maximum atomic E-state index is 10.9. The second-order valence-electron chi connectivity index (χ2n) is 5.15. The highest BCUT2D eigenvalue weighted by atomic mass is 16.1. The molecule has 1 aliphatic heterocycles. The molecule has 0 unspecified atom stereocenters. The summed E-state index contributed by atoms with van der Waals surface area (Å²) in [5.74, 6) is 0.0828. The first-order valence-electron chi connectivity index (χ1n) is 7.78. The molecule has 0 radical (unpaired) electrons. The Hall–Kier alpha value is -1.29. The molecule has 0 aromatic heterocycles. The minimum Gasteiger partial charge on any atom is -0.388 e. The number of hydrogen-bond donors (Lipinski definition) is 2. The highest BCUT2D eigenvalue weighted by molar-refractivity contribution is 5.75. The van der Waals surface area contributed by atoms with Crippen molar-refractivity contribution in [3.8, 4) is 0 Å². The highest BCUT2D eigenvalue weighted by Crippen LogP contribution is 2.08. The summed E-state index contributed by atoms with van der Waals surface area (Å²) in [5, 5.41) is 5.83. The van der Waals surface area contributed by atoms with Crippen LogP contribution in [0.4, 0.5) is 0 Å². The Labute approximate surface area is 123 Å². The average Bonchev–Trinajstić information content (AvgIpc) is 3.02. The summed E-state index contributed by atoms with van der Waals surface area (Å²) in [6.45, 7) is 6.89. The van der Waals surface area contributed by atoms with Crippen molar-refractivity contribution in [2.24, 2.45) is 0 Å². The van der Waals surface area contributed by atoms with Gasteiger partial charge in [0.25, 0.3) is 0 Å². The monoisotopic (exact) mass is 279 g/mol. The van der Waals surface area contributed by atoms with E-state index in [4.69, 9.17) is 0 Å². The minimum atomic E-state index is 0.0828. The van der Waals surface area contributed by atoms with Crippen LogP contribution in [0.15, 0.2) is 23.9 Å². The molecule has 2 N–H and O–H groups in total. The van der Waals surface area contributed by atoms with Crippen molar-refractivity contribution < 1.29 is 4.79 Å². The van der Waals surface area contributed by atoms with Gasteiger partial charge in [-0.05, 0) is 51.4 Å². The first-order valence-corrected chi connectivity index (χ1v) is 7.78. The van der Waals surface area contributed by atoms with E-state index in [1.54, 1.807) is 7.05 Å². The Bertz CT molecular complexity index is 331. The van der Waals surface area contributed by atoms with Gasteiger partial charge in [0.2, 0.25) is 5.91 Å². The summed E-state index contributed by atoms with van der Waals surface area (Å²) in [5.41, 5.74) is 1.23. The molecule has 1 aliphatic carbocycles. The van der Waals surface area contributed by atoms with Crippen LogP contribution in [0.1, 0.15) is 39.0 Å². The first-order chi connectivity index (χ1) is 9.76. The Balaban J connectivity index is 0.000000240. The molecule has 0 aromatic rings. The molecule has 1 saturated heterocycles. The number of nitrogens with zero attached hydrogens (tertiary/aromatic N) is 1. The van der Waals surface area contributed by atoms with Gasteiger partial charge in [0.05, 0.1) is 0 Å². The van der Waals surface area contributed by atoms with E-state index in [1.807, 2.05) is 6.08 Å². The van der Waals surface area contributed by atoms with Gasteiger partial charge >= 0.3 is 0 Å². The zero-order valence-electron chi connectivity index (χ0n) is 13.0. The largest absolute Gasteiger partial charge is 0.388 e. The van der Waals surface area contributed by atoms with E-state index in [2.05, 4.69) is 34.6 Å². The van der Waals surface area contributed by atoms with Gasteiger partial charge in [0.15, 0.2) is 0 Å². The molecule has 0 atom stereocenters. The summed E-state index contributed by atoms with van der Waals surface area (Å²) in [6.07, 6.45) is 11.8. The van der Waals surface area contributed by atoms with Gasteiger partial charge in [0.1, 0.15) is 0 Å². The molecule has 0 spiro atoms. The van der Waals surface area contributed by atoms with Crippen molar-refractivity contribution in [3.05, 3.63) is 23.9 Å². The van der Waals surface area contributed by atoms with Crippen molar-refractivity contribution in [1.82, 2.24) is 15.5 Å². The van der Waals surface area contributed by atoms with E-state index in [-0.39, 0.29) is 5.91 Å². The third kappa shape index (κ3) is 7.34. The molecule has 114 valence electrons. The molecule has 0 aromatic carbocycles. The first kappa shape index (κ1) is 16.8. The van der Waals surface area contributed by atoms with Gasteiger partial charge in [-0.25, -0.2) is 0 Å². The van der Waals surface area contributed by atoms with Crippen molar-refractivity contribution in [2.45, 2.75) is 39.0 Å². The molecule has 0 saturated carbocycles. The Morgan fingerprint density at radius 1 is 1.35 bits per heavy atom. The number of carbonyl (C=O) groups is 1. The summed E-state index contributed by atoms with van der Waals surface area (Å²) >= 11 is 0. The van der Waals surface area contributed by atoms with Crippen molar-refractivity contribution in [2.75, 3.05) is 33.2 Å². The van der Waals surface area contributed by atoms with Crippen LogP contribution in [0.3, 0.4) is 0 Å². The van der Waals surface area contributed by atoms with Crippen molar-refractivity contribution in [3.63, 3.8) is 0 Å². The van der Waals surface area contributed by atoms with E-state index in [9.17, 15) is 4.79 Å². The molecule has 4 nitrogen and oxygen atoms in total. The molecular formula is C16H29N3O. The molecular weight excluding hydrogens is 250 g/mol. The van der Waals surface area contributed by atoms with E-state index in [1.165, 1.54) is 38.2 Å². The van der Waals surface area contributed by atoms with Crippen LogP contribution in [-0.4, -0.2) is 44.0 Å². The SMILES string of the molecule is CCN1CCCC1.CNC(=O)CCNC1=CC=CCC1. The van der Waals surface area contributed by atoms with Gasteiger partial charge in [0, 0.05) is 25.7 Å². The number of hydrogen-bond acceptors (Lipinski definition) is 3. The minimum absolute atomic E-state index is 0.0828. The maximum absolute atomic E-state index is 10.9. The fourth-order valence-corrected chi connectivity index (χ4v) is 2.31. The summed E-state index contributed by atoms with van der Waals surface area (Å²) in [7, 11) is 1.66. The average molecular weight is 279 g/mol. The van der Waals surface area contributed by atoms with E-state index in [0.29, 0.717) is 6.42 Å². The van der Waals surface area contributed by atoms with Crippen LogP contribution < -0.4 is 10.6 Å². The summed E-state index contributed by atoms with van der Waals surface area (Å²) < 4.78 is 0. The molecule has 2 aliphatic rings.